The van der Waals surface area contributed by atoms with E-state index in [0.29, 0.717) is 5.69 Å². The van der Waals surface area contributed by atoms with Crippen LogP contribution in [0, 0.1) is 0 Å². The van der Waals surface area contributed by atoms with Gasteiger partial charge in [0.05, 0.1) is 18.3 Å². The van der Waals surface area contributed by atoms with Crippen molar-refractivity contribution in [3.63, 3.8) is 0 Å². The second-order valence-corrected chi connectivity index (χ2v) is 6.26. The van der Waals surface area contributed by atoms with Crippen LogP contribution in [0.15, 0.2) is 92.2 Å². The maximum Gasteiger partial charge on any atom is 0.101 e. The third kappa shape index (κ3) is 8.11. The molecule has 27 heavy (non-hydrogen) atoms. The van der Waals surface area contributed by atoms with E-state index in [1.54, 1.807) is 51.0 Å². The van der Waals surface area contributed by atoms with Gasteiger partial charge in [0.15, 0.2) is 0 Å². The van der Waals surface area contributed by atoms with E-state index in [2.05, 4.69) is 36.6 Å². The van der Waals surface area contributed by atoms with Crippen LogP contribution in [-0.2, 0) is 12.1 Å². The van der Waals surface area contributed by atoms with Crippen molar-refractivity contribution in [3.8, 4) is 0 Å². The summed E-state index contributed by atoms with van der Waals surface area (Å²) < 4.78 is 2.05. The quantitative estimate of drug-likeness (QED) is 0.582. The minimum absolute atomic E-state index is 0.704. The average molecular weight is 363 g/mol. The van der Waals surface area contributed by atoms with E-state index in [-0.39, 0.29) is 0 Å². The van der Waals surface area contributed by atoms with Gasteiger partial charge in [-0.3, -0.25) is 4.98 Å². The number of aromatic nitrogens is 5. The summed E-state index contributed by atoms with van der Waals surface area (Å²) in [4.78, 5) is 14.4. The van der Waals surface area contributed by atoms with E-state index in [0.717, 1.165) is 6.54 Å². The van der Waals surface area contributed by atoms with Gasteiger partial charge < -0.3 is 14.7 Å². The highest BCUT2D eigenvalue weighted by molar-refractivity contribution is 5.15. The molecule has 0 radical (unpaired) electrons. The van der Waals surface area contributed by atoms with Gasteiger partial charge in [0.25, 0.3) is 0 Å². The number of imidazole rings is 2. The molecule has 0 amide bonds. The topological polar surface area (TPSA) is 79.6 Å². The number of aliphatic hydroxyl groups is 1. The minimum Gasteiger partial charge on any atom is -0.384 e. The number of hydrogen-bond acceptors (Lipinski definition) is 4. The highest BCUT2D eigenvalue weighted by atomic mass is 16.3. The molecule has 6 heteroatoms. The van der Waals surface area contributed by atoms with Gasteiger partial charge in [0.2, 0.25) is 0 Å². The Labute approximate surface area is 159 Å². The first-order chi connectivity index (χ1) is 13.1. The Kier molecular flexibility index (Phi) is 7.93. The normalized spacial score (nSPS) is 10.2. The van der Waals surface area contributed by atoms with Crippen molar-refractivity contribution in [2.45, 2.75) is 26.0 Å². The lowest BCUT2D eigenvalue weighted by atomic mass is 10.1. The van der Waals surface area contributed by atoms with Crippen molar-refractivity contribution in [1.82, 2.24) is 24.5 Å². The Morgan fingerprint density at radius 3 is 2.19 bits per heavy atom. The predicted octanol–water partition coefficient (Wildman–Crippen LogP) is 3.65. The zero-order valence-electron chi connectivity index (χ0n) is 15.6. The number of benzene rings is 1. The summed E-state index contributed by atoms with van der Waals surface area (Å²) in [6, 6.07) is 15.8. The van der Waals surface area contributed by atoms with Gasteiger partial charge in [-0.1, -0.05) is 36.4 Å². The fourth-order valence-electron chi connectivity index (χ4n) is 2.11. The molecule has 0 aliphatic heterocycles. The first kappa shape index (κ1) is 20.1. The Morgan fingerprint density at radius 2 is 1.74 bits per heavy atom. The van der Waals surface area contributed by atoms with Gasteiger partial charge in [-0.05, 0) is 31.5 Å². The predicted molar refractivity (Wildman–Crippen MR) is 106 cm³/mol. The lowest BCUT2D eigenvalue weighted by Crippen LogP contribution is -2.16. The average Bonchev–Trinajstić information content (AvgIpc) is 3.40. The maximum absolute atomic E-state index is 9.43. The molecular formula is C21H25N5O. The van der Waals surface area contributed by atoms with E-state index in [9.17, 15) is 5.11 Å². The molecule has 0 spiro atoms. The molecule has 0 aliphatic rings. The number of hydrogen-bond donors (Lipinski definition) is 2. The summed E-state index contributed by atoms with van der Waals surface area (Å²) in [5.74, 6) is 0. The molecule has 0 aliphatic carbocycles. The summed E-state index contributed by atoms with van der Waals surface area (Å²) in [6.07, 6.45) is 12.3. The summed E-state index contributed by atoms with van der Waals surface area (Å²) >= 11 is 0. The standard InChI is InChI=1S/C10H10N2.C8H11NO.C3H4N2/c1-2-4-10(5-3-1)8-12-7-6-11-9-12;1-8(2,10)7-5-3-4-6-9-7;1-2-5-3-4-1/h1-7,9H,8H2;3-6,10H,1-2H3;1-3H,(H,4,5). The SMILES string of the molecule is CC(C)(O)c1ccccn1.c1c[nH]cn1.c1ccc(Cn2ccnc2)cc1. The molecule has 0 saturated carbocycles. The highest BCUT2D eigenvalue weighted by Crippen LogP contribution is 2.15. The largest absolute Gasteiger partial charge is 0.384 e. The van der Waals surface area contributed by atoms with E-state index in [1.165, 1.54) is 5.56 Å². The Bertz CT molecular complexity index is 806. The van der Waals surface area contributed by atoms with Gasteiger partial charge in [0, 0.05) is 37.5 Å². The van der Waals surface area contributed by atoms with Crippen LogP contribution >= 0.6 is 0 Å². The Morgan fingerprint density at radius 1 is 0.963 bits per heavy atom. The molecule has 4 aromatic rings. The van der Waals surface area contributed by atoms with Crippen molar-refractivity contribution in [3.05, 3.63) is 103 Å². The van der Waals surface area contributed by atoms with Crippen molar-refractivity contribution < 1.29 is 5.11 Å². The van der Waals surface area contributed by atoms with Crippen LogP contribution < -0.4 is 0 Å². The van der Waals surface area contributed by atoms with Crippen molar-refractivity contribution in [2.75, 3.05) is 0 Å². The van der Waals surface area contributed by atoms with Crippen molar-refractivity contribution in [2.24, 2.45) is 0 Å². The van der Waals surface area contributed by atoms with Crippen LogP contribution in [0.4, 0.5) is 0 Å². The van der Waals surface area contributed by atoms with Gasteiger partial charge >= 0.3 is 0 Å². The fraction of sp³-hybridized carbons (Fsp3) is 0.190. The monoisotopic (exact) mass is 363 g/mol. The summed E-state index contributed by atoms with van der Waals surface area (Å²) in [7, 11) is 0. The minimum atomic E-state index is -0.818. The van der Waals surface area contributed by atoms with Crippen LogP contribution in [0.1, 0.15) is 25.1 Å². The molecule has 0 bridgehead atoms. The molecule has 0 fully saturated rings. The molecular weight excluding hydrogens is 338 g/mol. The molecule has 0 unspecified atom stereocenters. The smallest absolute Gasteiger partial charge is 0.101 e. The van der Waals surface area contributed by atoms with Gasteiger partial charge in [-0.25, -0.2) is 9.97 Å². The van der Waals surface area contributed by atoms with E-state index >= 15 is 0 Å². The molecule has 0 saturated heterocycles. The molecule has 3 aromatic heterocycles. The summed E-state index contributed by atoms with van der Waals surface area (Å²) in [5, 5.41) is 9.43. The summed E-state index contributed by atoms with van der Waals surface area (Å²) in [5.41, 5.74) is 1.19. The molecule has 1 aromatic carbocycles. The molecule has 140 valence electrons. The van der Waals surface area contributed by atoms with Crippen molar-refractivity contribution >= 4 is 0 Å². The number of pyridine rings is 1. The van der Waals surface area contributed by atoms with Crippen LogP contribution in [0.2, 0.25) is 0 Å². The van der Waals surface area contributed by atoms with Crippen LogP contribution in [-0.4, -0.2) is 29.6 Å². The molecule has 0 atom stereocenters. The number of nitrogens with one attached hydrogen (secondary N) is 1. The maximum atomic E-state index is 9.43. The zero-order chi connectivity index (χ0) is 19.4. The molecule has 2 N–H and O–H groups in total. The number of H-pyrrole nitrogens is 1. The van der Waals surface area contributed by atoms with E-state index < -0.39 is 5.60 Å². The number of rotatable bonds is 3. The third-order valence-corrected chi connectivity index (χ3v) is 3.46. The lowest BCUT2D eigenvalue weighted by Gasteiger charge is -2.15. The van der Waals surface area contributed by atoms with Crippen LogP contribution in [0.5, 0.6) is 0 Å². The lowest BCUT2D eigenvalue weighted by molar-refractivity contribution is 0.0738. The van der Waals surface area contributed by atoms with E-state index in [1.807, 2.05) is 42.9 Å². The zero-order valence-corrected chi connectivity index (χ0v) is 15.6. The van der Waals surface area contributed by atoms with Gasteiger partial charge in [-0.15, -0.1) is 0 Å². The Balaban J connectivity index is 0.000000157. The van der Waals surface area contributed by atoms with Gasteiger partial charge in [0.1, 0.15) is 5.60 Å². The summed E-state index contributed by atoms with van der Waals surface area (Å²) in [6.45, 7) is 4.34. The molecule has 6 nitrogen and oxygen atoms in total. The van der Waals surface area contributed by atoms with Crippen LogP contribution in [0.25, 0.3) is 0 Å². The van der Waals surface area contributed by atoms with Crippen molar-refractivity contribution in [1.29, 1.82) is 0 Å². The second kappa shape index (κ2) is 10.7. The molecule has 4 rings (SSSR count). The first-order valence-corrected chi connectivity index (χ1v) is 8.62. The fourth-order valence-corrected chi connectivity index (χ4v) is 2.11. The number of aromatic amines is 1. The number of nitrogens with zero attached hydrogens (tertiary/aromatic N) is 4. The second-order valence-electron chi connectivity index (χ2n) is 6.26. The highest BCUT2D eigenvalue weighted by Gasteiger charge is 2.15. The van der Waals surface area contributed by atoms with E-state index in [4.69, 9.17) is 0 Å². The molecule has 3 heterocycles. The van der Waals surface area contributed by atoms with Gasteiger partial charge in [-0.2, -0.15) is 0 Å². The third-order valence-electron chi connectivity index (χ3n) is 3.46. The Hall–Kier alpha value is -3.25. The first-order valence-electron chi connectivity index (χ1n) is 8.62. The van der Waals surface area contributed by atoms with Crippen LogP contribution in [0.3, 0.4) is 0 Å².